The Balaban J connectivity index is 1.79. The number of carbonyl (C=O) groups is 3. The Bertz CT molecular complexity index is 1120. The van der Waals surface area contributed by atoms with Gasteiger partial charge in [0, 0.05) is 17.6 Å². The molecular weight excluding hydrogens is 444 g/mol. The lowest BCUT2D eigenvalue weighted by Gasteiger charge is -2.25. The summed E-state index contributed by atoms with van der Waals surface area (Å²) in [4.78, 5) is 41.9. The van der Waals surface area contributed by atoms with Gasteiger partial charge in [-0.1, -0.05) is 48.5 Å². The highest BCUT2D eigenvalue weighted by atomic mass is 16.5. The monoisotopic (exact) mass is 478 g/mol. The van der Waals surface area contributed by atoms with Gasteiger partial charge in [0.2, 0.25) is 11.8 Å². The molecule has 0 aliphatic rings. The van der Waals surface area contributed by atoms with E-state index in [2.05, 4.69) is 15.6 Å². The first-order chi connectivity index (χ1) is 16.7. The maximum atomic E-state index is 13.4. The lowest BCUT2D eigenvalue weighted by Crippen LogP contribution is -2.58. The van der Waals surface area contributed by atoms with Crippen LogP contribution in [0.2, 0.25) is 0 Å². The molecule has 35 heavy (non-hydrogen) atoms. The van der Waals surface area contributed by atoms with E-state index in [9.17, 15) is 14.4 Å². The first-order valence-electron chi connectivity index (χ1n) is 11.8. The Labute approximate surface area is 205 Å². The fourth-order valence-electron chi connectivity index (χ4n) is 3.74. The number of aromatic amines is 1. The van der Waals surface area contributed by atoms with E-state index in [1.54, 1.807) is 20.8 Å². The summed E-state index contributed by atoms with van der Waals surface area (Å²) in [5.74, 6) is -1.45. The number of rotatable bonds is 11. The van der Waals surface area contributed by atoms with Gasteiger partial charge in [-0.05, 0) is 56.7 Å². The third kappa shape index (κ3) is 7.42. The molecule has 0 aliphatic carbocycles. The van der Waals surface area contributed by atoms with Gasteiger partial charge in [0.25, 0.3) is 0 Å². The third-order valence-corrected chi connectivity index (χ3v) is 5.67. The van der Waals surface area contributed by atoms with E-state index in [0.29, 0.717) is 12.8 Å². The van der Waals surface area contributed by atoms with Crippen molar-refractivity contribution in [3.63, 3.8) is 0 Å². The predicted molar refractivity (Wildman–Crippen MR) is 136 cm³/mol. The Morgan fingerprint density at radius 1 is 1.00 bits per heavy atom. The SMILES string of the molecule is CCOC(=O)[C@@H](CCc1ccccc1)NC(=O)[C@@H](Cc1cc2ccccc2[nH]1)NC(=O)C(C)(C)N. The zero-order valence-corrected chi connectivity index (χ0v) is 20.5. The van der Waals surface area contributed by atoms with Crippen molar-refractivity contribution in [1.29, 1.82) is 0 Å². The van der Waals surface area contributed by atoms with Crippen LogP contribution in [0.25, 0.3) is 10.9 Å². The van der Waals surface area contributed by atoms with Gasteiger partial charge in [0.15, 0.2) is 0 Å². The van der Waals surface area contributed by atoms with Crippen molar-refractivity contribution in [2.75, 3.05) is 6.61 Å². The summed E-state index contributed by atoms with van der Waals surface area (Å²) >= 11 is 0. The quantitative estimate of drug-likeness (QED) is 0.315. The molecule has 1 aromatic heterocycles. The molecular formula is C27H34N4O4. The highest BCUT2D eigenvalue weighted by Crippen LogP contribution is 2.16. The van der Waals surface area contributed by atoms with Gasteiger partial charge in [-0.15, -0.1) is 0 Å². The second-order valence-corrected chi connectivity index (χ2v) is 9.17. The van der Waals surface area contributed by atoms with Crippen molar-refractivity contribution in [2.24, 2.45) is 5.73 Å². The van der Waals surface area contributed by atoms with Crippen molar-refractivity contribution in [3.05, 3.63) is 71.9 Å². The van der Waals surface area contributed by atoms with Crippen LogP contribution in [0.15, 0.2) is 60.7 Å². The highest BCUT2D eigenvalue weighted by molar-refractivity contribution is 5.93. The van der Waals surface area contributed by atoms with Crippen LogP contribution in [0.4, 0.5) is 0 Å². The molecule has 8 heteroatoms. The van der Waals surface area contributed by atoms with Crippen LogP contribution < -0.4 is 16.4 Å². The number of carbonyl (C=O) groups excluding carboxylic acids is 3. The van der Waals surface area contributed by atoms with Crippen molar-refractivity contribution < 1.29 is 19.1 Å². The average molecular weight is 479 g/mol. The van der Waals surface area contributed by atoms with Gasteiger partial charge in [-0.2, -0.15) is 0 Å². The summed E-state index contributed by atoms with van der Waals surface area (Å²) in [6.45, 7) is 5.06. The molecule has 2 amide bonds. The molecule has 0 unspecified atom stereocenters. The largest absolute Gasteiger partial charge is 0.464 e. The van der Waals surface area contributed by atoms with Crippen LogP contribution in [-0.2, 0) is 32.0 Å². The third-order valence-electron chi connectivity index (χ3n) is 5.67. The number of fused-ring (bicyclic) bond motifs is 1. The molecule has 0 radical (unpaired) electrons. The van der Waals surface area contributed by atoms with Crippen molar-refractivity contribution in [2.45, 2.75) is 57.7 Å². The number of nitrogens with two attached hydrogens (primary N) is 1. The van der Waals surface area contributed by atoms with E-state index in [-0.39, 0.29) is 13.0 Å². The summed E-state index contributed by atoms with van der Waals surface area (Å²) < 4.78 is 5.20. The summed E-state index contributed by atoms with van der Waals surface area (Å²) in [6, 6.07) is 17.6. The maximum absolute atomic E-state index is 13.4. The fourth-order valence-corrected chi connectivity index (χ4v) is 3.74. The lowest BCUT2D eigenvalue weighted by molar-refractivity contribution is -0.147. The summed E-state index contributed by atoms with van der Waals surface area (Å²) in [7, 11) is 0. The van der Waals surface area contributed by atoms with E-state index in [4.69, 9.17) is 10.5 Å². The van der Waals surface area contributed by atoms with Gasteiger partial charge in [0.05, 0.1) is 12.1 Å². The second kappa shape index (κ2) is 11.7. The molecule has 3 rings (SSSR count). The fraction of sp³-hybridized carbons (Fsp3) is 0.370. The number of benzene rings is 2. The number of hydrogen-bond donors (Lipinski definition) is 4. The average Bonchev–Trinajstić information content (AvgIpc) is 3.23. The molecule has 1 heterocycles. The molecule has 0 aliphatic heterocycles. The normalized spacial score (nSPS) is 13.1. The molecule has 3 aromatic rings. The summed E-state index contributed by atoms with van der Waals surface area (Å²) in [5, 5.41) is 6.55. The minimum Gasteiger partial charge on any atom is -0.464 e. The van der Waals surface area contributed by atoms with Crippen LogP contribution in [0.1, 0.15) is 38.4 Å². The van der Waals surface area contributed by atoms with Crippen molar-refractivity contribution >= 4 is 28.7 Å². The second-order valence-electron chi connectivity index (χ2n) is 9.17. The van der Waals surface area contributed by atoms with E-state index in [0.717, 1.165) is 22.2 Å². The standard InChI is InChI=1S/C27H34N4O4/c1-4-35-25(33)22(15-14-18-10-6-5-7-11-18)30-24(32)23(31-26(34)27(2,3)28)17-20-16-19-12-8-9-13-21(19)29-20/h5-13,16,22-23,29H,4,14-15,17,28H2,1-3H3,(H,30,32)(H,31,34)/t22-,23-/m1/s1. The minimum absolute atomic E-state index is 0.202. The first kappa shape index (κ1) is 26.0. The first-order valence-corrected chi connectivity index (χ1v) is 11.8. The number of nitrogens with one attached hydrogen (secondary N) is 3. The smallest absolute Gasteiger partial charge is 0.328 e. The van der Waals surface area contributed by atoms with E-state index < -0.39 is 35.4 Å². The molecule has 186 valence electrons. The highest BCUT2D eigenvalue weighted by Gasteiger charge is 2.31. The lowest BCUT2D eigenvalue weighted by atomic mass is 10.0. The van der Waals surface area contributed by atoms with Crippen LogP contribution in [0.5, 0.6) is 0 Å². The van der Waals surface area contributed by atoms with Crippen molar-refractivity contribution in [3.8, 4) is 0 Å². The Morgan fingerprint density at radius 3 is 2.34 bits per heavy atom. The zero-order valence-electron chi connectivity index (χ0n) is 20.5. The number of aromatic nitrogens is 1. The predicted octanol–water partition coefficient (Wildman–Crippen LogP) is 2.61. The van der Waals surface area contributed by atoms with Gasteiger partial charge in [-0.3, -0.25) is 9.59 Å². The van der Waals surface area contributed by atoms with Crippen molar-refractivity contribution in [1.82, 2.24) is 15.6 Å². The zero-order chi connectivity index (χ0) is 25.4. The number of H-pyrrole nitrogens is 1. The molecule has 2 aromatic carbocycles. The van der Waals surface area contributed by atoms with E-state index in [1.165, 1.54) is 0 Å². The Hall–Kier alpha value is -3.65. The van der Waals surface area contributed by atoms with Crippen LogP contribution >= 0.6 is 0 Å². The Kier molecular flexibility index (Phi) is 8.65. The molecule has 0 bridgehead atoms. The molecule has 0 saturated heterocycles. The molecule has 8 nitrogen and oxygen atoms in total. The topological polar surface area (TPSA) is 126 Å². The van der Waals surface area contributed by atoms with E-state index >= 15 is 0 Å². The van der Waals surface area contributed by atoms with Gasteiger partial charge in [0.1, 0.15) is 12.1 Å². The number of amides is 2. The molecule has 2 atom stereocenters. The molecule has 0 spiro atoms. The molecule has 0 fully saturated rings. The Morgan fingerprint density at radius 2 is 1.69 bits per heavy atom. The number of aryl methyl sites for hydroxylation is 1. The molecule has 0 saturated carbocycles. The van der Waals surface area contributed by atoms with E-state index in [1.807, 2.05) is 60.7 Å². The number of para-hydroxylation sites is 1. The van der Waals surface area contributed by atoms with Gasteiger partial charge in [-0.25, -0.2) is 4.79 Å². The van der Waals surface area contributed by atoms with Gasteiger partial charge >= 0.3 is 5.97 Å². The number of ether oxygens (including phenoxy) is 1. The number of hydrogen-bond acceptors (Lipinski definition) is 5. The van der Waals surface area contributed by atoms with Gasteiger partial charge < -0.3 is 26.1 Å². The summed E-state index contributed by atoms with van der Waals surface area (Å²) in [5.41, 5.74) is 7.54. The van der Waals surface area contributed by atoms with Crippen LogP contribution in [-0.4, -0.2) is 47.0 Å². The van der Waals surface area contributed by atoms with Crippen LogP contribution in [0.3, 0.4) is 0 Å². The van der Waals surface area contributed by atoms with Crippen LogP contribution in [0, 0.1) is 0 Å². The molecule has 5 N–H and O–H groups in total. The number of esters is 1. The maximum Gasteiger partial charge on any atom is 0.328 e. The summed E-state index contributed by atoms with van der Waals surface area (Å²) in [6.07, 6.45) is 1.15. The minimum atomic E-state index is -1.17.